The summed E-state index contributed by atoms with van der Waals surface area (Å²) in [5, 5.41) is 11.1. The first-order valence-electron chi connectivity index (χ1n) is 3.91. The fourth-order valence-corrected chi connectivity index (χ4v) is 1.26. The monoisotopic (exact) mass is 177 g/mol. The molecule has 1 fully saturated rings. The Hall–Kier alpha value is -0.840. The second-order valence-corrected chi connectivity index (χ2v) is 2.84. The van der Waals surface area contributed by atoms with E-state index in [0.717, 1.165) is 0 Å². The molecule has 0 aliphatic carbocycles. The number of carbonyl (C=O) groups is 1. The van der Waals surface area contributed by atoms with Crippen molar-refractivity contribution in [3.63, 3.8) is 0 Å². The van der Waals surface area contributed by atoms with Crippen LogP contribution < -0.4 is 5.32 Å². The summed E-state index contributed by atoms with van der Waals surface area (Å²) in [7, 11) is 0. The number of nitrogens with one attached hydrogen (secondary N) is 1. The highest BCUT2D eigenvalue weighted by Gasteiger charge is 2.22. The first-order chi connectivity index (χ1) is 5.72. The Balaban J connectivity index is 2.21. The summed E-state index contributed by atoms with van der Waals surface area (Å²) in [5.74, 6) is 0. The van der Waals surface area contributed by atoms with E-state index in [4.69, 9.17) is 5.11 Å². The number of ether oxygens (including phenoxy) is 1. The zero-order chi connectivity index (χ0) is 8.97. The van der Waals surface area contributed by atoms with Crippen molar-refractivity contribution in [2.75, 3.05) is 13.2 Å². The standard InChI is InChI=1S/C7H12FNO3/c8-3-5-1-2-6(4-9-5)12-7(10)11/h5-6,9H,1-4H2,(H,10,11). The summed E-state index contributed by atoms with van der Waals surface area (Å²) in [4.78, 5) is 10.1. The van der Waals surface area contributed by atoms with Crippen molar-refractivity contribution in [2.24, 2.45) is 0 Å². The molecule has 4 nitrogen and oxygen atoms in total. The van der Waals surface area contributed by atoms with E-state index in [2.05, 4.69) is 10.1 Å². The maximum atomic E-state index is 12.0. The normalized spacial score (nSPS) is 29.8. The summed E-state index contributed by atoms with van der Waals surface area (Å²) >= 11 is 0. The Morgan fingerprint density at radius 1 is 1.67 bits per heavy atom. The van der Waals surface area contributed by atoms with Gasteiger partial charge in [0.05, 0.1) is 0 Å². The Morgan fingerprint density at radius 3 is 2.83 bits per heavy atom. The average molecular weight is 177 g/mol. The SMILES string of the molecule is O=C(O)OC1CCC(CF)NC1. The van der Waals surface area contributed by atoms with Crippen molar-refractivity contribution in [3.8, 4) is 0 Å². The summed E-state index contributed by atoms with van der Waals surface area (Å²) in [6.45, 7) is 0.0146. The van der Waals surface area contributed by atoms with Gasteiger partial charge in [-0.15, -0.1) is 0 Å². The number of carboxylic acid groups (broad SMARTS) is 1. The molecule has 0 aromatic carbocycles. The van der Waals surface area contributed by atoms with Crippen LogP contribution in [0.3, 0.4) is 0 Å². The minimum atomic E-state index is -1.26. The molecule has 1 saturated heterocycles. The molecule has 0 amide bonds. The van der Waals surface area contributed by atoms with Gasteiger partial charge in [0.25, 0.3) is 0 Å². The molecule has 1 aliphatic rings. The van der Waals surface area contributed by atoms with E-state index in [0.29, 0.717) is 19.4 Å². The number of rotatable bonds is 2. The smallest absolute Gasteiger partial charge is 0.450 e. The minimum absolute atomic E-state index is 0.126. The summed E-state index contributed by atoms with van der Waals surface area (Å²) < 4.78 is 16.6. The van der Waals surface area contributed by atoms with Crippen molar-refractivity contribution in [1.29, 1.82) is 0 Å². The maximum absolute atomic E-state index is 12.0. The van der Waals surface area contributed by atoms with Crippen LogP contribution in [0, 0.1) is 0 Å². The fraction of sp³-hybridized carbons (Fsp3) is 0.857. The Kier molecular flexibility index (Phi) is 3.28. The quantitative estimate of drug-likeness (QED) is 0.612. The van der Waals surface area contributed by atoms with Gasteiger partial charge in [0, 0.05) is 12.6 Å². The number of alkyl halides is 1. The van der Waals surface area contributed by atoms with Gasteiger partial charge >= 0.3 is 6.16 Å². The predicted molar refractivity (Wildman–Crippen MR) is 39.9 cm³/mol. The van der Waals surface area contributed by atoms with Crippen molar-refractivity contribution < 1.29 is 19.0 Å². The van der Waals surface area contributed by atoms with Gasteiger partial charge in [0.1, 0.15) is 12.8 Å². The van der Waals surface area contributed by atoms with E-state index in [-0.39, 0.29) is 12.1 Å². The number of halogens is 1. The van der Waals surface area contributed by atoms with Crippen LogP contribution in [0.5, 0.6) is 0 Å². The molecule has 0 aromatic heterocycles. The Labute approximate surface area is 69.7 Å². The molecule has 2 unspecified atom stereocenters. The second-order valence-electron chi connectivity index (χ2n) is 2.84. The lowest BCUT2D eigenvalue weighted by Gasteiger charge is -2.26. The van der Waals surface area contributed by atoms with E-state index in [1.165, 1.54) is 0 Å². The van der Waals surface area contributed by atoms with Gasteiger partial charge in [0.15, 0.2) is 0 Å². The molecule has 2 N–H and O–H groups in total. The molecule has 2 atom stereocenters. The molecule has 0 aromatic rings. The number of piperidine rings is 1. The van der Waals surface area contributed by atoms with Gasteiger partial charge in [-0.25, -0.2) is 9.18 Å². The maximum Gasteiger partial charge on any atom is 0.506 e. The number of hydrogen-bond donors (Lipinski definition) is 2. The number of hydrogen-bond acceptors (Lipinski definition) is 3. The van der Waals surface area contributed by atoms with Crippen molar-refractivity contribution in [1.82, 2.24) is 5.32 Å². The van der Waals surface area contributed by atoms with E-state index < -0.39 is 12.8 Å². The lowest BCUT2D eigenvalue weighted by molar-refractivity contribution is 0.0350. The minimum Gasteiger partial charge on any atom is -0.450 e. The average Bonchev–Trinajstić information content (AvgIpc) is 2.05. The van der Waals surface area contributed by atoms with Crippen LogP contribution in [-0.4, -0.2) is 36.6 Å². The molecule has 1 aliphatic heterocycles. The van der Waals surface area contributed by atoms with Gasteiger partial charge in [0.2, 0.25) is 0 Å². The van der Waals surface area contributed by atoms with Crippen LogP contribution in [-0.2, 0) is 4.74 Å². The highest BCUT2D eigenvalue weighted by Crippen LogP contribution is 2.11. The van der Waals surface area contributed by atoms with E-state index in [9.17, 15) is 9.18 Å². The molecule has 0 bridgehead atoms. The highest BCUT2D eigenvalue weighted by atomic mass is 19.1. The zero-order valence-electron chi connectivity index (χ0n) is 6.62. The summed E-state index contributed by atoms with van der Waals surface area (Å²) in [5.41, 5.74) is 0. The lowest BCUT2D eigenvalue weighted by Crippen LogP contribution is -2.44. The molecular formula is C7H12FNO3. The molecule has 12 heavy (non-hydrogen) atoms. The highest BCUT2D eigenvalue weighted by molar-refractivity contribution is 5.57. The van der Waals surface area contributed by atoms with Crippen LogP contribution in [0.2, 0.25) is 0 Å². The molecule has 0 saturated carbocycles. The third-order valence-corrected chi connectivity index (χ3v) is 1.93. The third-order valence-electron chi connectivity index (χ3n) is 1.93. The van der Waals surface area contributed by atoms with Crippen molar-refractivity contribution in [3.05, 3.63) is 0 Å². The first-order valence-corrected chi connectivity index (χ1v) is 3.91. The summed E-state index contributed by atoms with van der Waals surface area (Å²) in [6, 6.07) is -0.126. The Morgan fingerprint density at radius 2 is 2.42 bits per heavy atom. The molecule has 0 radical (unpaired) electrons. The molecule has 0 spiro atoms. The second kappa shape index (κ2) is 4.25. The Bertz CT molecular complexity index is 157. The largest absolute Gasteiger partial charge is 0.506 e. The van der Waals surface area contributed by atoms with Crippen LogP contribution in [0.1, 0.15) is 12.8 Å². The van der Waals surface area contributed by atoms with Crippen LogP contribution >= 0.6 is 0 Å². The molecule has 70 valence electrons. The van der Waals surface area contributed by atoms with Crippen LogP contribution in [0.4, 0.5) is 9.18 Å². The van der Waals surface area contributed by atoms with E-state index >= 15 is 0 Å². The third kappa shape index (κ3) is 2.65. The van der Waals surface area contributed by atoms with Gasteiger partial charge < -0.3 is 15.2 Å². The topological polar surface area (TPSA) is 58.6 Å². The van der Waals surface area contributed by atoms with E-state index in [1.54, 1.807) is 0 Å². The van der Waals surface area contributed by atoms with Crippen LogP contribution in [0.25, 0.3) is 0 Å². The molecule has 1 rings (SSSR count). The molecule has 1 heterocycles. The zero-order valence-corrected chi connectivity index (χ0v) is 6.62. The lowest BCUT2D eigenvalue weighted by atomic mass is 10.0. The first kappa shape index (κ1) is 9.25. The van der Waals surface area contributed by atoms with Crippen molar-refractivity contribution >= 4 is 6.16 Å². The van der Waals surface area contributed by atoms with E-state index in [1.807, 2.05) is 0 Å². The van der Waals surface area contributed by atoms with Gasteiger partial charge in [-0.05, 0) is 12.8 Å². The van der Waals surface area contributed by atoms with Gasteiger partial charge in [-0.1, -0.05) is 0 Å². The molecule has 5 heteroatoms. The van der Waals surface area contributed by atoms with Gasteiger partial charge in [-0.2, -0.15) is 0 Å². The predicted octanol–water partition coefficient (Wildman–Crippen LogP) is 0.771. The fourth-order valence-electron chi connectivity index (χ4n) is 1.26. The van der Waals surface area contributed by atoms with Crippen molar-refractivity contribution in [2.45, 2.75) is 25.0 Å². The molecular weight excluding hydrogens is 165 g/mol. The van der Waals surface area contributed by atoms with Gasteiger partial charge in [-0.3, -0.25) is 0 Å². The summed E-state index contributed by atoms with van der Waals surface area (Å²) in [6.07, 6.45) is -0.340. The van der Waals surface area contributed by atoms with Crippen LogP contribution in [0.15, 0.2) is 0 Å².